The van der Waals surface area contributed by atoms with E-state index in [1.165, 1.54) is 0 Å². The minimum absolute atomic E-state index is 0.170. The van der Waals surface area contributed by atoms with Crippen LogP contribution in [0.1, 0.15) is 68.7 Å². The Bertz CT molecular complexity index is 1600. The summed E-state index contributed by atoms with van der Waals surface area (Å²) in [6, 6.07) is 33.0. The van der Waals surface area contributed by atoms with Crippen LogP contribution >= 0.6 is 0 Å². The summed E-state index contributed by atoms with van der Waals surface area (Å²) in [5, 5.41) is 11.4. The van der Waals surface area contributed by atoms with Crippen LogP contribution < -0.4 is 21.3 Å². The SMILES string of the molecule is Cc1ccc(C(=O)N/C(=C\c2ccccc2)C(=O)NCCCCCCNC(=O)/C(=C/c2ccccc2)NC(=O)c2ccc(C)cc2)cc1. The molecule has 4 amide bonds. The van der Waals surface area contributed by atoms with Gasteiger partial charge >= 0.3 is 0 Å². The Hall–Kier alpha value is -5.76. The van der Waals surface area contributed by atoms with Crippen LogP contribution in [0.4, 0.5) is 0 Å². The van der Waals surface area contributed by atoms with Crippen molar-refractivity contribution in [2.75, 3.05) is 13.1 Å². The van der Waals surface area contributed by atoms with Gasteiger partial charge in [-0.2, -0.15) is 0 Å². The molecule has 0 fully saturated rings. The molecule has 4 aromatic rings. The lowest BCUT2D eigenvalue weighted by Gasteiger charge is -2.12. The monoisotopic (exact) mass is 642 g/mol. The number of benzene rings is 4. The number of nitrogens with one attached hydrogen (secondary N) is 4. The predicted octanol–water partition coefficient (Wildman–Crippen LogP) is 6.34. The van der Waals surface area contributed by atoms with Gasteiger partial charge in [0, 0.05) is 24.2 Å². The molecule has 0 spiro atoms. The number of carbonyl (C=O) groups is 4. The van der Waals surface area contributed by atoms with Crippen molar-refractivity contribution in [2.24, 2.45) is 0 Å². The normalized spacial score (nSPS) is 11.4. The lowest BCUT2D eigenvalue weighted by molar-refractivity contribution is -0.118. The lowest BCUT2D eigenvalue weighted by Crippen LogP contribution is -2.35. The van der Waals surface area contributed by atoms with Crippen LogP contribution in [0.3, 0.4) is 0 Å². The van der Waals surface area contributed by atoms with Crippen LogP contribution in [0.15, 0.2) is 121 Å². The molecule has 246 valence electrons. The van der Waals surface area contributed by atoms with Crippen LogP contribution in [0.25, 0.3) is 12.2 Å². The van der Waals surface area contributed by atoms with Crippen molar-refractivity contribution in [1.82, 2.24) is 21.3 Å². The highest BCUT2D eigenvalue weighted by Gasteiger charge is 2.16. The van der Waals surface area contributed by atoms with Gasteiger partial charge in [0.2, 0.25) is 0 Å². The van der Waals surface area contributed by atoms with E-state index in [2.05, 4.69) is 21.3 Å². The van der Waals surface area contributed by atoms with Crippen molar-refractivity contribution in [3.63, 3.8) is 0 Å². The molecule has 0 radical (unpaired) electrons. The Balaban J connectivity index is 1.23. The summed E-state index contributed by atoms with van der Waals surface area (Å²) in [5.41, 5.74) is 4.95. The third kappa shape index (κ3) is 11.6. The summed E-state index contributed by atoms with van der Waals surface area (Å²) in [4.78, 5) is 51.9. The molecule has 0 heterocycles. The zero-order valence-electron chi connectivity index (χ0n) is 27.4. The summed E-state index contributed by atoms with van der Waals surface area (Å²) in [5.74, 6) is -1.44. The van der Waals surface area contributed by atoms with Gasteiger partial charge in [-0.3, -0.25) is 19.2 Å². The standard InChI is InChI=1S/C40H42N4O4/c1-29-17-21-33(22-18-29)37(45)43-35(27-31-13-7-5-8-14-31)39(47)41-25-11-3-4-12-26-42-40(48)36(28-32-15-9-6-10-16-32)44-38(46)34-23-19-30(2)20-24-34/h5-10,13-24,27-28H,3-4,11-12,25-26H2,1-2H3,(H,41,47)(H,42,48)(H,43,45)(H,44,46)/b35-27-,36-28-. The van der Waals surface area contributed by atoms with Gasteiger partial charge in [-0.05, 0) is 74.2 Å². The summed E-state index contributed by atoms with van der Waals surface area (Å²) in [6.45, 7) is 4.77. The molecule has 4 rings (SSSR count). The molecule has 0 aliphatic heterocycles. The second-order valence-corrected chi connectivity index (χ2v) is 11.5. The molecule has 4 N–H and O–H groups in total. The van der Waals surface area contributed by atoms with Gasteiger partial charge in [0.15, 0.2) is 0 Å². The van der Waals surface area contributed by atoms with Gasteiger partial charge in [-0.15, -0.1) is 0 Å². The quantitative estimate of drug-likeness (QED) is 0.0895. The molecular formula is C40H42N4O4. The molecule has 48 heavy (non-hydrogen) atoms. The van der Waals surface area contributed by atoms with E-state index in [9.17, 15) is 19.2 Å². The largest absolute Gasteiger partial charge is 0.351 e. The highest BCUT2D eigenvalue weighted by atomic mass is 16.2. The lowest BCUT2D eigenvalue weighted by atomic mass is 10.1. The van der Waals surface area contributed by atoms with Gasteiger partial charge < -0.3 is 21.3 Å². The zero-order valence-corrected chi connectivity index (χ0v) is 27.4. The van der Waals surface area contributed by atoms with Crippen molar-refractivity contribution >= 4 is 35.8 Å². The topological polar surface area (TPSA) is 116 Å². The number of hydrogen-bond acceptors (Lipinski definition) is 4. The highest BCUT2D eigenvalue weighted by molar-refractivity contribution is 6.06. The minimum atomic E-state index is -0.364. The van der Waals surface area contributed by atoms with E-state index < -0.39 is 0 Å². The van der Waals surface area contributed by atoms with E-state index in [4.69, 9.17) is 0 Å². The fourth-order valence-electron chi connectivity index (χ4n) is 4.75. The van der Waals surface area contributed by atoms with Crippen LogP contribution in [0.2, 0.25) is 0 Å². The first-order valence-corrected chi connectivity index (χ1v) is 16.1. The van der Waals surface area contributed by atoms with Crippen LogP contribution in [-0.2, 0) is 9.59 Å². The molecule has 8 heteroatoms. The minimum Gasteiger partial charge on any atom is -0.351 e. The van der Waals surface area contributed by atoms with Crippen LogP contribution in [0.5, 0.6) is 0 Å². The van der Waals surface area contributed by atoms with Gasteiger partial charge in [0.25, 0.3) is 23.6 Å². The Morgan fingerprint density at radius 3 is 1.19 bits per heavy atom. The summed E-state index contributed by atoms with van der Waals surface area (Å²) in [6.07, 6.45) is 6.45. The average molecular weight is 643 g/mol. The fraction of sp³-hybridized carbons (Fsp3) is 0.200. The van der Waals surface area contributed by atoms with Gasteiger partial charge in [0.05, 0.1) is 0 Å². The molecule has 0 unspecified atom stereocenters. The zero-order chi connectivity index (χ0) is 34.1. The number of rotatable bonds is 15. The first-order chi connectivity index (χ1) is 23.3. The Kier molecular flexibility index (Phi) is 13.5. The van der Waals surface area contributed by atoms with Crippen molar-refractivity contribution in [1.29, 1.82) is 0 Å². The number of amides is 4. The van der Waals surface area contributed by atoms with Gasteiger partial charge in [0.1, 0.15) is 11.4 Å². The number of aryl methyl sites for hydroxylation is 2. The smallest absolute Gasteiger partial charge is 0.267 e. The summed E-state index contributed by atoms with van der Waals surface area (Å²) >= 11 is 0. The fourth-order valence-corrected chi connectivity index (χ4v) is 4.75. The molecule has 8 nitrogen and oxygen atoms in total. The second-order valence-electron chi connectivity index (χ2n) is 11.5. The van der Waals surface area contributed by atoms with Crippen LogP contribution in [-0.4, -0.2) is 36.7 Å². The van der Waals surface area contributed by atoms with E-state index in [0.29, 0.717) is 24.2 Å². The number of unbranched alkanes of at least 4 members (excludes halogenated alkanes) is 3. The third-order valence-electron chi connectivity index (χ3n) is 7.51. The summed E-state index contributed by atoms with van der Waals surface area (Å²) < 4.78 is 0. The van der Waals surface area contributed by atoms with Crippen molar-refractivity contribution in [3.8, 4) is 0 Å². The van der Waals surface area contributed by atoms with Gasteiger partial charge in [-0.25, -0.2) is 0 Å². The van der Waals surface area contributed by atoms with E-state index in [1.807, 2.05) is 98.8 Å². The molecule has 0 aliphatic rings. The van der Waals surface area contributed by atoms with Crippen molar-refractivity contribution in [3.05, 3.63) is 154 Å². The van der Waals surface area contributed by atoms with Gasteiger partial charge in [-0.1, -0.05) is 109 Å². The third-order valence-corrected chi connectivity index (χ3v) is 7.51. The van der Waals surface area contributed by atoms with E-state index in [-0.39, 0.29) is 35.0 Å². The van der Waals surface area contributed by atoms with E-state index in [0.717, 1.165) is 47.9 Å². The molecular weight excluding hydrogens is 600 g/mol. The Labute approximate surface area is 282 Å². The molecule has 4 aromatic carbocycles. The Morgan fingerprint density at radius 1 is 0.479 bits per heavy atom. The maximum absolute atomic E-state index is 13.1. The molecule has 0 atom stereocenters. The molecule has 0 saturated carbocycles. The first kappa shape index (κ1) is 35.1. The molecule has 0 bridgehead atoms. The van der Waals surface area contributed by atoms with E-state index in [1.54, 1.807) is 36.4 Å². The summed E-state index contributed by atoms with van der Waals surface area (Å²) in [7, 11) is 0. The average Bonchev–Trinajstić information content (AvgIpc) is 3.10. The molecule has 0 aromatic heterocycles. The maximum atomic E-state index is 13.1. The number of hydrogen-bond donors (Lipinski definition) is 4. The van der Waals surface area contributed by atoms with Crippen molar-refractivity contribution < 1.29 is 19.2 Å². The second kappa shape index (κ2) is 18.4. The maximum Gasteiger partial charge on any atom is 0.267 e. The highest BCUT2D eigenvalue weighted by Crippen LogP contribution is 2.10. The van der Waals surface area contributed by atoms with Crippen molar-refractivity contribution in [2.45, 2.75) is 39.5 Å². The van der Waals surface area contributed by atoms with E-state index >= 15 is 0 Å². The Morgan fingerprint density at radius 2 is 0.833 bits per heavy atom. The first-order valence-electron chi connectivity index (χ1n) is 16.1. The number of carbonyl (C=O) groups excluding carboxylic acids is 4. The molecule has 0 saturated heterocycles. The predicted molar refractivity (Wildman–Crippen MR) is 191 cm³/mol. The van der Waals surface area contributed by atoms with Crippen LogP contribution in [0, 0.1) is 13.8 Å². The molecule has 0 aliphatic carbocycles.